The second kappa shape index (κ2) is 7.71. The highest BCUT2D eigenvalue weighted by Crippen LogP contribution is 2.19. The number of carbonyl (C=O) groups is 1. The average Bonchev–Trinajstić information content (AvgIpc) is 2.54. The number of hydrogen-bond acceptors (Lipinski definition) is 3. The van der Waals surface area contributed by atoms with E-state index in [0.29, 0.717) is 23.1 Å². The summed E-state index contributed by atoms with van der Waals surface area (Å²) in [5.41, 5.74) is 1.02. The molecule has 0 atom stereocenters. The third-order valence-corrected chi connectivity index (χ3v) is 3.41. The first-order valence-corrected chi connectivity index (χ1v) is 7.21. The summed E-state index contributed by atoms with van der Waals surface area (Å²) in [6.07, 6.45) is 0. The Balaban J connectivity index is 1.86. The molecular weight excluding hydrogens is 302 g/mol. The highest BCUT2D eigenvalue weighted by Gasteiger charge is 2.10. The summed E-state index contributed by atoms with van der Waals surface area (Å²) < 4.78 is 10.6. The molecule has 1 amide bonds. The van der Waals surface area contributed by atoms with Gasteiger partial charge in [-0.25, -0.2) is 0 Å². The predicted molar refractivity (Wildman–Crippen MR) is 86.4 cm³/mol. The fraction of sp³-hybridized carbons (Fsp3) is 0.235. The molecule has 0 unspecified atom stereocenters. The lowest BCUT2D eigenvalue weighted by Gasteiger charge is -2.17. The monoisotopic (exact) mass is 319 g/mol. The van der Waals surface area contributed by atoms with Crippen LogP contribution in [0.15, 0.2) is 48.5 Å². The molecule has 5 heteroatoms. The molecule has 0 saturated carbocycles. The maximum atomic E-state index is 12.1. The van der Waals surface area contributed by atoms with Gasteiger partial charge in [0.1, 0.15) is 11.5 Å². The number of nitrogens with zero attached hydrogens (tertiary/aromatic N) is 1. The molecule has 0 fully saturated rings. The fourth-order valence-corrected chi connectivity index (χ4v) is 2.02. The number of benzene rings is 2. The van der Waals surface area contributed by atoms with Crippen molar-refractivity contribution in [3.63, 3.8) is 0 Å². The van der Waals surface area contributed by atoms with Gasteiger partial charge in [0.2, 0.25) is 0 Å². The van der Waals surface area contributed by atoms with E-state index in [9.17, 15) is 4.79 Å². The molecule has 0 heterocycles. The second-order valence-corrected chi connectivity index (χ2v) is 5.28. The Labute approximate surface area is 135 Å². The van der Waals surface area contributed by atoms with E-state index >= 15 is 0 Å². The lowest BCUT2D eigenvalue weighted by atomic mass is 10.2. The van der Waals surface area contributed by atoms with Crippen LogP contribution in [-0.4, -0.2) is 31.6 Å². The molecule has 0 radical (unpaired) electrons. The summed E-state index contributed by atoms with van der Waals surface area (Å²) in [7, 11) is 3.33. The molecule has 0 aliphatic rings. The Kier molecular flexibility index (Phi) is 5.67. The maximum Gasteiger partial charge on any atom is 0.260 e. The highest BCUT2D eigenvalue weighted by molar-refractivity contribution is 6.30. The summed E-state index contributed by atoms with van der Waals surface area (Å²) in [6, 6.07) is 14.6. The zero-order chi connectivity index (χ0) is 15.9. The first-order valence-electron chi connectivity index (χ1n) is 6.84. The summed E-state index contributed by atoms with van der Waals surface area (Å²) in [5, 5.41) is 0.680. The molecule has 116 valence electrons. The zero-order valence-electron chi connectivity index (χ0n) is 12.6. The van der Waals surface area contributed by atoms with E-state index < -0.39 is 0 Å². The van der Waals surface area contributed by atoms with E-state index in [4.69, 9.17) is 21.1 Å². The normalized spacial score (nSPS) is 10.1. The summed E-state index contributed by atoms with van der Waals surface area (Å²) in [4.78, 5) is 13.7. The number of amides is 1. The van der Waals surface area contributed by atoms with Crippen LogP contribution in [-0.2, 0) is 11.3 Å². The van der Waals surface area contributed by atoms with Gasteiger partial charge >= 0.3 is 0 Å². The van der Waals surface area contributed by atoms with Crippen LogP contribution in [0.25, 0.3) is 0 Å². The lowest BCUT2D eigenvalue weighted by molar-refractivity contribution is -0.132. The van der Waals surface area contributed by atoms with Crippen molar-refractivity contribution in [3.05, 3.63) is 59.1 Å². The molecule has 0 bridgehead atoms. The molecule has 2 aromatic carbocycles. The Morgan fingerprint density at radius 2 is 1.82 bits per heavy atom. The Hall–Kier alpha value is -2.20. The van der Waals surface area contributed by atoms with E-state index in [0.717, 1.165) is 5.56 Å². The molecule has 4 nitrogen and oxygen atoms in total. The van der Waals surface area contributed by atoms with Crippen LogP contribution in [0.4, 0.5) is 0 Å². The van der Waals surface area contributed by atoms with Gasteiger partial charge in [-0.3, -0.25) is 4.79 Å². The number of hydrogen-bond donors (Lipinski definition) is 0. The third kappa shape index (κ3) is 4.67. The molecule has 2 rings (SSSR count). The number of methoxy groups -OCH3 is 1. The van der Waals surface area contributed by atoms with Crippen LogP contribution in [0.2, 0.25) is 5.02 Å². The number of likely N-dealkylation sites (N-methyl/N-ethyl adjacent to an activating group) is 1. The Bertz CT molecular complexity index is 628. The van der Waals surface area contributed by atoms with Gasteiger partial charge in [0, 0.05) is 24.7 Å². The summed E-state index contributed by atoms with van der Waals surface area (Å²) in [6.45, 7) is 0.495. The van der Waals surface area contributed by atoms with Crippen LogP contribution >= 0.6 is 11.6 Å². The van der Waals surface area contributed by atoms with Crippen molar-refractivity contribution in [2.24, 2.45) is 0 Å². The minimum absolute atomic E-state index is 0.0166. The average molecular weight is 320 g/mol. The molecule has 0 N–H and O–H groups in total. The van der Waals surface area contributed by atoms with Crippen LogP contribution in [0.1, 0.15) is 5.56 Å². The van der Waals surface area contributed by atoms with Crippen molar-refractivity contribution in [1.29, 1.82) is 0 Å². The number of carbonyl (C=O) groups excluding carboxylic acids is 1. The SMILES string of the molecule is COc1cccc(OCC(=O)N(C)Cc2ccc(Cl)cc2)c1. The number of ether oxygens (including phenoxy) is 2. The zero-order valence-corrected chi connectivity index (χ0v) is 13.3. The highest BCUT2D eigenvalue weighted by atomic mass is 35.5. The molecule has 0 saturated heterocycles. The second-order valence-electron chi connectivity index (χ2n) is 4.84. The standard InChI is InChI=1S/C17H18ClNO3/c1-19(11-13-6-8-14(18)9-7-13)17(20)12-22-16-5-3-4-15(10-16)21-2/h3-10H,11-12H2,1-2H3. The maximum absolute atomic E-state index is 12.1. The van der Waals surface area contributed by atoms with E-state index in [1.54, 1.807) is 31.2 Å². The van der Waals surface area contributed by atoms with Crippen molar-refractivity contribution in [2.75, 3.05) is 20.8 Å². The molecule has 0 spiro atoms. The van der Waals surface area contributed by atoms with Gasteiger partial charge in [-0.1, -0.05) is 29.8 Å². The summed E-state index contributed by atoms with van der Waals surface area (Å²) >= 11 is 5.84. The number of halogens is 1. The van der Waals surface area contributed by atoms with Crippen LogP contribution in [0, 0.1) is 0 Å². The van der Waals surface area contributed by atoms with Crippen LogP contribution in [0.3, 0.4) is 0 Å². The molecule has 0 aliphatic heterocycles. The van der Waals surface area contributed by atoms with E-state index in [1.165, 1.54) is 0 Å². The largest absolute Gasteiger partial charge is 0.497 e. The fourth-order valence-electron chi connectivity index (χ4n) is 1.90. The van der Waals surface area contributed by atoms with Gasteiger partial charge in [-0.05, 0) is 29.8 Å². The van der Waals surface area contributed by atoms with Gasteiger partial charge in [-0.2, -0.15) is 0 Å². The topological polar surface area (TPSA) is 38.8 Å². The first-order chi connectivity index (χ1) is 10.6. The van der Waals surface area contributed by atoms with Crippen molar-refractivity contribution in [3.8, 4) is 11.5 Å². The van der Waals surface area contributed by atoms with Crippen molar-refractivity contribution >= 4 is 17.5 Å². The third-order valence-electron chi connectivity index (χ3n) is 3.16. The molecular formula is C17H18ClNO3. The van der Waals surface area contributed by atoms with Gasteiger partial charge in [-0.15, -0.1) is 0 Å². The van der Waals surface area contributed by atoms with E-state index in [1.807, 2.05) is 36.4 Å². The van der Waals surface area contributed by atoms with Gasteiger partial charge in [0.15, 0.2) is 6.61 Å². The molecule has 2 aromatic rings. The lowest BCUT2D eigenvalue weighted by Crippen LogP contribution is -2.30. The van der Waals surface area contributed by atoms with Gasteiger partial charge in [0.05, 0.1) is 7.11 Å². The van der Waals surface area contributed by atoms with Crippen LogP contribution in [0.5, 0.6) is 11.5 Å². The predicted octanol–water partition coefficient (Wildman–Crippen LogP) is 3.39. The minimum atomic E-state index is -0.0993. The van der Waals surface area contributed by atoms with Crippen molar-refractivity contribution < 1.29 is 14.3 Å². The van der Waals surface area contributed by atoms with Crippen molar-refractivity contribution in [2.45, 2.75) is 6.54 Å². The van der Waals surface area contributed by atoms with Crippen molar-refractivity contribution in [1.82, 2.24) is 4.90 Å². The van der Waals surface area contributed by atoms with Gasteiger partial charge < -0.3 is 14.4 Å². The summed E-state index contributed by atoms with van der Waals surface area (Å²) in [5.74, 6) is 1.20. The first kappa shape index (κ1) is 16.2. The van der Waals surface area contributed by atoms with E-state index in [-0.39, 0.29) is 12.5 Å². The van der Waals surface area contributed by atoms with Gasteiger partial charge in [0.25, 0.3) is 5.91 Å². The Morgan fingerprint density at radius 1 is 1.14 bits per heavy atom. The molecule has 22 heavy (non-hydrogen) atoms. The van der Waals surface area contributed by atoms with Crippen LogP contribution < -0.4 is 9.47 Å². The quantitative estimate of drug-likeness (QED) is 0.819. The Morgan fingerprint density at radius 3 is 2.50 bits per heavy atom. The molecule has 0 aliphatic carbocycles. The smallest absolute Gasteiger partial charge is 0.260 e. The molecule has 0 aromatic heterocycles. The number of rotatable bonds is 6. The minimum Gasteiger partial charge on any atom is -0.497 e. The van der Waals surface area contributed by atoms with E-state index in [2.05, 4.69) is 0 Å².